The van der Waals surface area contributed by atoms with Gasteiger partial charge < -0.3 is 10.5 Å². The molecule has 0 radical (unpaired) electrons. The van der Waals surface area contributed by atoms with Crippen molar-refractivity contribution in [3.05, 3.63) is 37.4 Å². The summed E-state index contributed by atoms with van der Waals surface area (Å²) in [7, 11) is 1.60. The number of hydrogen-bond acceptors (Lipinski definition) is 4. The Bertz CT molecular complexity index is 384. The molecule has 0 saturated heterocycles. The number of rotatable bonds is 5. The van der Waals surface area contributed by atoms with E-state index >= 15 is 0 Å². The molecule has 1 atom stereocenters. The molecule has 0 saturated carbocycles. The normalized spacial score (nSPS) is 12.4. The lowest BCUT2D eigenvalue weighted by Crippen LogP contribution is -2.28. The lowest BCUT2D eigenvalue weighted by atomic mass is 10.1. The van der Waals surface area contributed by atoms with E-state index in [2.05, 4.69) is 22.6 Å². The van der Waals surface area contributed by atoms with Crippen molar-refractivity contribution in [3.63, 3.8) is 0 Å². The molecule has 0 aliphatic rings. The van der Waals surface area contributed by atoms with E-state index in [1.807, 2.05) is 0 Å². The maximum Gasteiger partial charge on any atom is 0.270 e. The molecule has 2 N–H and O–H groups in total. The molecule has 0 spiro atoms. The molecule has 16 heavy (non-hydrogen) atoms. The molecular weight excluding hydrogens is 323 g/mol. The quantitative estimate of drug-likeness (QED) is 0.504. The Hall–Kier alpha value is -0.730. The van der Waals surface area contributed by atoms with Gasteiger partial charge in [-0.3, -0.25) is 10.1 Å². The zero-order valence-electron chi connectivity index (χ0n) is 8.85. The maximum absolute atomic E-state index is 10.5. The smallest absolute Gasteiger partial charge is 0.270 e. The summed E-state index contributed by atoms with van der Waals surface area (Å²) in [5.41, 5.74) is 6.94. The number of non-ortho nitro benzene ring substituents is 1. The van der Waals surface area contributed by atoms with Gasteiger partial charge in [-0.1, -0.05) is 6.07 Å². The number of benzene rings is 1. The predicted molar refractivity (Wildman–Crippen MR) is 69.4 cm³/mol. The third kappa shape index (κ3) is 3.69. The van der Waals surface area contributed by atoms with Crippen LogP contribution in [0.3, 0.4) is 0 Å². The molecule has 0 fully saturated rings. The zero-order valence-corrected chi connectivity index (χ0v) is 11.0. The summed E-state index contributed by atoms with van der Waals surface area (Å²) in [5.74, 6) is 0. The van der Waals surface area contributed by atoms with E-state index < -0.39 is 4.92 Å². The Balaban J connectivity index is 2.79. The number of halogens is 1. The van der Waals surface area contributed by atoms with Crippen molar-refractivity contribution in [1.29, 1.82) is 0 Å². The van der Waals surface area contributed by atoms with Gasteiger partial charge >= 0.3 is 0 Å². The van der Waals surface area contributed by atoms with Gasteiger partial charge in [-0.15, -0.1) is 0 Å². The first kappa shape index (κ1) is 13.3. The number of nitrogens with two attached hydrogens (primary N) is 1. The van der Waals surface area contributed by atoms with Crippen molar-refractivity contribution in [2.45, 2.75) is 12.5 Å². The van der Waals surface area contributed by atoms with Gasteiger partial charge in [-0.05, 0) is 34.6 Å². The Labute approximate surface area is 107 Å². The first-order chi connectivity index (χ1) is 7.54. The Morgan fingerprint density at radius 3 is 2.81 bits per heavy atom. The highest BCUT2D eigenvalue weighted by atomic mass is 127. The van der Waals surface area contributed by atoms with E-state index in [4.69, 9.17) is 10.5 Å². The fourth-order valence-electron chi connectivity index (χ4n) is 1.37. The Kier molecular flexibility index (Phi) is 5.10. The van der Waals surface area contributed by atoms with Crippen LogP contribution in [0, 0.1) is 13.7 Å². The van der Waals surface area contributed by atoms with Crippen molar-refractivity contribution in [1.82, 2.24) is 0 Å². The molecule has 5 nitrogen and oxygen atoms in total. The second-order valence-electron chi connectivity index (χ2n) is 3.45. The van der Waals surface area contributed by atoms with Crippen molar-refractivity contribution >= 4 is 28.3 Å². The Morgan fingerprint density at radius 1 is 1.62 bits per heavy atom. The zero-order chi connectivity index (χ0) is 12.1. The number of nitrogens with zero attached hydrogens (tertiary/aromatic N) is 1. The molecule has 1 unspecified atom stereocenters. The fourth-order valence-corrected chi connectivity index (χ4v) is 2.09. The van der Waals surface area contributed by atoms with Gasteiger partial charge in [0.05, 0.1) is 11.5 Å². The molecule has 0 aliphatic carbocycles. The summed E-state index contributed by atoms with van der Waals surface area (Å²) in [4.78, 5) is 10.1. The van der Waals surface area contributed by atoms with E-state index in [0.29, 0.717) is 13.0 Å². The number of nitro groups is 1. The third-order valence-electron chi connectivity index (χ3n) is 2.11. The van der Waals surface area contributed by atoms with Crippen LogP contribution in [-0.2, 0) is 11.2 Å². The van der Waals surface area contributed by atoms with E-state index in [-0.39, 0.29) is 11.7 Å². The van der Waals surface area contributed by atoms with Gasteiger partial charge in [0.1, 0.15) is 0 Å². The summed E-state index contributed by atoms with van der Waals surface area (Å²) < 4.78 is 5.80. The molecule has 0 amide bonds. The van der Waals surface area contributed by atoms with E-state index in [9.17, 15) is 10.1 Å². The highest BCUT2D eigenvalue weighted by molar-refractivity contribution is 14.1. The van der Waals surface area contributed by atoms with Gasteiger partial charge in [0.15, 0.2) is 0 Å². The van der Waals surface area contributed by atoms with Gasteiger partial charge in [0.25, 0.3) is 5.69 Å². The van der Waals surface area contributed by atoms with Crippen molar-refractivity contribution in [2.24, 2.45) is 5.73 Å². The summed E-state index contributed by atoms with van der Waals surface area (Å²) in [5, 5.41) is 10.5. The molecule has 1 aromatic rings. The van der Waals surface area contributed by atoms with Crippen LogP contribution < -0.4 is 5.73 Å². The number of nitro benzene ring substituents is 1. The molecule has 0 aromatic heterocycles. The minimum Gasteiger partial charge on any atom is -0.383 e. The monoisotopic (exact) mass is 336 g/mol. The second-order valence-corrected chi connectivity index (χ2v) is 4.61. The van der Waals surface area contributed by atoms with Crippen LogP contribution in [0.2, 0.25) is 0 Å². The molecule has 0 heterocycles. The molecule has 1 rings (SSSR count). The average molecular weight is 336 g/mol. The molecular formula is C10H13IN2O3. The lowest BCUT2D eigenvalue weighted by Gasteiger charge is -2.11. The van der Waals surface area contributed by atoms with E-state index in [1.54, 1.807) is 19.2 Å². The standard InChI is InChI=1S/C10H13IN2O3/c1-16-6-8(12)4-7-2-3-9(13(14)15)5-10(7)11/h2-3,5,8H,4,6,12H2,1H3. The van der Waals surface area contributed by atoms with Crippen molar-refractivity contribution < 1.29 is 9.66 Å². The van der Waals surface area contributed by atoms with Gasteiger partial charge in [-0.25, -0.2) is 0 Å². The predicted octanol–water partition coefficient (Wildman–Crippen LogP) is 1.72. The van der Waals surface area contributed by atoms with Crippen molar-refractivity contribution in [3.8, 4) is 0 Å². The minimum absolute atomic E-state index is 0.0834. The van der Waals surface area contributed by atoms with Crippen molar-refractivity contribution in [2.75, 3.05) is 13.7 Å². The lowest BCUT2D eigenvalue weighted by molar-refractivity contribution is -0.385. The minimum atomic E-state index is -0.402. The summed E-state index contributed by atoms with van der Waals surface area (Å²) >= 11 is 2.08. The first-order valence-electron chi connectivity index (χ1n) is 4.72. The number of methoxy groups -OCH3 is 1. The summed E-state index contributed by atoms with van der Waals surface area (Å²) in [6.45, 7) is 0.479. The summed E-state index contributed by atoms with van der Waals surface area (Å²) in [6, 6.07) is 4.71. The number of ether oxygens (including phenoxy) is 1. The molecule has 88 valence electrons. The van der Waals surface area contributed by atoms with Crippen LogP contribution in [0.4, 0.5) is 5.69 Å². The summed E-state index contributed by atoms with van der Waals surface area (Å²) in [6.07, 6.45) is 0.657. The van der Waals surface area contributed by atoms with Crippen LogP contribution in [0.1, 0.15) is 5.56 Å². The first-order valence-corrected chi connectivity index (χ1v) is 5.79. The Morgan fingerprint density at radius 2 is 2.31 bits per heavy atom. The van der Waals surface area contributed by atoms with Gasteiger partial charge in [0.2, 0.25) is 0 Å². The second kappa shape index (κ2) is 6.12. The SMILES string of the molecule is COCC(N)Cc1ccc([N+](=O)[O-])cc1I. The van der Waals surface area contributed by atoms with Crippen LogP contribution in [0.5, 0.6) is 0 Å². The fraction of sp³-hybridized carbons (Fsp3) is 0.400. The van der Waals surface area contributed by atoms with Crippen LogP contribution >= 0.6 is 22.6 Å². The molecule has 6 heteroatoms. The number of hydrogen-bond donors (Lipinski definition) is 1. The molecule has 0 bridgehead atoms. The van der Waals surface area contributed by atoms with Crippen LogP contribution in [-0.4, -0.2) is 24.7 Å². The largest absolute Gasteiger partial charge is 0.383 e. The van der Waals surface area contributed by atoms with Crippen LogP contribution in [0.15, 0.2) is 18.2 Å². The highest BCUT2D eigenvalue weighted by Crippen LogP contribution is 2.20. The molecule has 0 aliphatic heterocycles. The highest BCUT2D eigenvalue weighted by Gasteiger charge is 2.11. The van der Waals surface area contributed by atoms with E-state index in [1.165, 1.54) is 6.07 Å². The van der Waals surface area contributed by atoms with Crippen LogP contribution in [0.25, 0.3) is 0 Å². The molecule has 1 aromatic carbocycles. The topological polar surface area (TPSA) is 78.4 Å². The third-order valence-corrected chi connectivity index (χ3v) is 3.11. The average Bonchev–Trinajstić information content (AvgIpc) is 2.21. The van der Waals surface area contributed by atoms with E-state index in [0.717, 1.165) is 9.13 Å². The maximum atomic E-state index is 10.5. The van der Waals surface area contributed by atoms with Gasteiger partial charge in [0, 0.05) is 28.9 Å². The van der Waals surface area contributed by atoms with Gasteiger partial charge in [-0.2, -0.15) is 0 Å².